The van der Waals surface area contributed by atoms with Gasteiger partial charge in [-0.3, -0.25) is 0 Å². The molecule has 0 aliphatic rings. The molecule has 0 atom stereocenters. The number of nitrogens with one attached hydrogen (secondary N) is 1. The molecule has 2 aromatic rings. The second-order valence-electron chi connectivity index (χ2n) is 4.37. The monoisotopic (exact) mass is 283 g/mol. The van der Waals surface area contributed by atoms with Crippen molar-refractivity contribution in [3.05, 3.63) is 48.0 Å². The summed E-state index contributed by atoms with van der Waals surface area (Å²) in [5.41, 5.74) is 7.62. The largest absolute Gasteiger partial charge is 0.497 e. The fourth-order valence-electron chi connectivity index (χ4n) is 1.81. The summed E-state index contributed by atoms with van der Waals surface area (Å²) >= 11 is 0. The first-order valence-corrected chi connectivity index (χ1v) is 6.53. The molecule has 0 saturated heterocycles. The lowest BCUT2D eigenvalue weighted by molar-refractivity contribution is 0.333. The summed E-state index contributed by atoms with van der Waals surface area (Å²) in [6.07, 6.45) is 0. The zero-order valence-electron chi connectivity index (χ0n) is 11.8. The quantitative estimate of drug-likeness (QED) is 0.629. The molecular weight excluding hydrogens is 266 g/mol. The van der Waals surface area contributed by atoms with Crippen molar-refractivity contribution in [2.24, 2.45) is 0 Å². The highest BCUT2D eigenvalue weighted by Gasteiger charge is 2.03. The Balaban J connectivity index is 1.88. The summed E-state index contributed by atoms with van der Waals surface area (Å²) in [7, 11) is 1.59. The van der Waals surface area contributed by atoms with Crippen LogP contribution < -0.4 is 20.5 Å². The Labute approximate surface area is 123 Å². The summed E-state index contributed by atoms with van der Waals surface area (Å²) < 4.78 is 10.7. The SMILES string of the molecule is COc1ccc(C#N)c(NCCOc2ccc(N)cc2)c1. The Kier molecular flexibility index (Phi) is 4.89. The number of nitrogens with zero attached hydrogens (tertiary/aromatic N) is 1. The van der Waals surface area contributed by atoms with Gasteiger partial charge >= 0.3 is 0 Å². The number of benzene rings is 2. The fourth-order valence-corrected chi connectivity index (χ4v) is 1.81. The van der Waals surface area contributed by atoms with Crippen LogP contribution in [0.1, 0.15) is 5.56 Å². The summed E-state index contributed by atoms with van der Waals surface area (Å²) in [5, 5.41) is 12.2. The Hall–Kier alpha value is -2.87. The van der Waals surface area contributed by atoms with Crippen molar-refractivity contribution >= 4 is 11.4 Å². The first-order chi connectivity index (χ1) is 10.2. The predicted octanol–water partition coefficient (Wildman–Crippen LogP) is 2.64. The minimum atomic E-state index is 0.478. The number of methoxy groups -OCH3 is 1. The highest BCUT2D eigenvalue weighted by molar-refractivity contribution is 5.60. The molecule has 0 spiro atoms. The molecule has 0 aliphatic carbocycles. The Morgan fingerprint density at radius 2 is 1.86 bits per heavy atom. The Morgan fingerprint density at radius 1 is 1.14 bits per heavy atom. The van der Waals surface area contributed by atoms with E-state index >= 15 is 0 Å². The molecule has 0 radical (unpaired) electrons. The van der Waals surface area contributed by atoms with Gasteiger partial charge in [-0.05, 0) is 36.4 Å². The van der Waals surface area contributed by atoms with E-state index < -0.39 is 0 Å². The van der Waals surface area contributed by atoms with Crippen molar-refractivity contribution in [1.82, 2.24) is 0 Å². The molecule has 0 aromatic heterocycles. The highest BCUT2D eigenvalue weighted by Crippen LogP contribution is 2.21. The predicted molar refractivity (Wildman–Crippen MR) is 82.5 cm³/mol. The average molecular weight is 283 g/mol. The summed E-state index contributed by atoms with van der Waals surface area (Å²) in [4.78, 5) is 0. The van der Waals surface area contributed by atoms with Gasteiger partial charge in [0.05, 0.1) is 18.4 Å². The molecule has 0 saturated carbocycles. The van der Waals surface area contributed by atoms with Crippen molar-refractivity contribution in [1.29, 1.82) is 5.26 Å². The second-order valence-corrected chi connectivity index (χ2v) is 4.37. The van der Waals surface area contributed by atoms with Crippen LogP contribution in [0.4, 0.5) is 11.4 Å². The van der Waals surface area contributed by atoms with Gasteiger partial charge in [-0.15, -0.1) is 0 Å². The summed E-state index contributed by atoms with van der Waals surface area (Å²) in [6, 6.07) is 14.6. The molecule has 0 amide bonds. The maximum Gasteiger partial charge on any atom is 0.121 e. The van der Waals surface area contributed by atoms with Crippen LogP contribution in [0.25, 0.3) is 0 Å². The Morgan fingerprint density at radius 3 is 2.52 bits per heavy atom. The van der Waals surface area contributed by atoms with Gasteiger partial charge in [-0.25, -0.2) is 0 Å². The van der Waals surface area contributed by atoms with E-state index in [4.69, 9.17) is 20.5 Å². The molecule has 0 bridgehead atoms. The Bertz CT molecular complexity index is 633. The molecule has 3 N–H and O–H groups in total. The van der Waals surface area contributed by atoms with Gasteiger partial charge in [0, 0.05) is 18.3 Å². The minimum absolute atomic E-state index is 0.478. The standard InChI is InChI=1S/C16H17N3O2/c1-20-15-5-2-12(11-17)16(10-15)19-8-9-21-14-6-3-13(18)4-7-14/h2-7,10,19H,8-9,18H2,1H3. The number of hydrogen-bond acceptors (Lipinski definition) is 5. The molecule has 21 heavy (non-hydrogen) atoms. The highest BCUT2D eigenvalue weighted by atomic mass is 16.5. The van der Waals surface area contributed by atoms with Gasteiger partial charge in [0.2, 0.25) is 0 Å². The van der Waals surface area contributed by atoms with E-state index in [9.17, 15) is 0 Å². The van der Waals surface area contributed by atoms with E-state index in [-0.39, 0.29) is 0 Å². The third-order valence-electron chi connectivity index (χ3n) is 2.91. The van der Waals surface area contributed by atoms with Crippen LogP contribution in [0.3, 0.4) is 0 Å². The topological polar surface area (TPSA) is 80.3 Å². The van der Waals surface area contributed by atoms with E-state index in [0.717, 1.165) is 11.4 Å². The second kappa shape index (κ2) is 7.06. The molecule has 0 heterocycles. The molecule has 2 rings (SSSR count). The number of nitriles is 1. The molecule has 5 nitrogen and oxygen atoms in total. The molecule has 5 heteroatoms. The minimum Gasteiger partial charge on any atom is -0.497 e. The number of rotatable bonds is 6. The smallest absolute Gasteiger partial charge is 0.121 e. The molecular formula is C16H17N3O2. The van der Waals surface area contributed by atoms with Gasteiger partial charge in [0.25, 0.3) is 0 Å². The van der Waals surface area contributed by atoms with Crippen LogP contribution in [0.5, 0.6) is 11.5 Å². The zero-order valence-corrected chi connectivity index (χ0v) is 11.8. The van der Waals surface area contributed by atoms with Crippen LogP contribution in [0, 0.1) is 11.3 Å². The maximum atomic E-state index is 9.07. The molecule has 0 fully saturated rings. The first kappa shape index (κ1) is 14.5. The van der Waals surface area contributed by atoms with Gasteiger partial charge in [0.15, 0.2) is 0 Å². The van der Waals surface area contributed by atoms with Gasteiger partial charge in [0.1, 0.15) is 24.2 Å². The lowest BCUT2D eigenvalue weighted by atomic mass is 10.2. The maximum absolute atomic E-state index is 9.07. The van der Waals surface area contributed by atoms with Crippen LogP contribution in [-0.2, 0) is 0 Å². The fraction of sp³-hybridized carbons (Fsp3) is 0.188. The van der Waals surface area contributed by atoms with Crippen LogP contribution in [-0.4, -0.2) is 20.3 Å². The number of ether oxygens (including phenoxy) is 2. The van der Waals surface area contributed by atoms with Gasteiger partial charge < -0.3 is 20.5 Å². The van der Waals surface area contributed by atoms with Crippen LogP contribution in [0.2, 0.25) is 0 Å². The summed E-state index contributed by atoms with van der Waals surface area (Å²) in [6.45, 7) is 1.05. The van der Waals surface area contributed by atoms with E-state index in [1.165, 1.54) is 0 Å². The summed E-state index contributed by atoms with van der Waals surface area (Å²) in [5.74, 6) is 1.47. The number of nitrogen functional groups attached to an aromatic ring is 1. The van der Waals surface area contributed by atoms with Crippen LogP contribution >= 0.6 is 0 Å². The average Bonchev–Trinajstić information content (AvgIpc) is 2.53. The molecule has 0 aliphatic heterocycles. The van der Waals surface area contributed by atoms with Crippen molar-refractivity contribution in [3.8, 4) is 17.6 Å². The lowest BCUT2D eigenvalue weighted by Gasteiger charge is -2.11. The van der Waals surface area contributed by atoms with Gasteiger partial charge in [-0.2, -0.15) is 5.26 Å². The molecule has 0 unspecified atom stereocenters. The zero-order chi connectivity index (χ0) is 15.1. The number of nitrogens with two attached hydrogens (primary N) is 1. The van der Waals surface area contributed by atoms with Gasteiger partial charge in [-0.1, -0.05) is 0 Å². The van der Waals surface area contributed by atoms with Crippen LogP contribution in [0.15, 0.2) is 42.5 Å². The normalized spacial score (nSPS) is 9.71. The molecule has 2 aromatic carbocycles. The van der Waals surface area contributed by atoms with E-state index in [0.29, 0.717) is 30.2 Å². The third kappa shape index (κ3) is 4.05. The van der Waals surface area contributed by atoms with Crippen molar-refractivity contribution < 1.29 is 9.47 Å². The van der Waals surface area contributed by atoms with E-state index in [1.807, 2.05) is 12.1 Å². The van der Waals surface area contributed by atoms with E-state index in [1.54, 1.807) is 37.4 Å². The first-order valence-electron chi connectivity index (χ1n) is 6.53. The number of anilines is 2. The van der Waals surface area contributed by atoms with Crippen molar-refractivity contribution in [2.75, 3.05) is 31.3 Å². The lowest BCUT2D eigenvalue weighted by Crippen LogP contribution is -2.12. The van der Waals surface area contributed by atoms with Crippen molar-refractivity contribution in [2.45, 2.75) is 0 Å². The van der Waals surface area contributed by atoms with Crippen molar-refractivity contribution in [3.63, 3.8) is 0 Å². The number of hydrogen-bond donors (Lipinski definition) is 2. The third-order valence-corrected chi connectivity index (χ3v) is 2.91. The molecule has 108 valence electrons. The van der Waals surface area contributed by atoms with E-state index in [2.05, 4.69) is 11.4 Å².